The van der Waals surface area contributed by atoms with Gasteiger partial charge >= 0.3 is 17.9 Å². The van der Waals surface area contributed by atoms with Gasteiger partial charge in [-0.15, -0.1) is 0 Å². The third-order valence-electron chi connectivity index (χ3n) is 3.93. The van der Waals surface area contributed by atoms with Crippen LogP contribution in [0.25, 0.3) is 0 Å². The van der Waals surface area contributed by atoms with Gasteiger partial charge < -0.3 is 24.7 Å². The van der Waals surface area contributed by atoms with Crippen LogP contribution < -0.4 is 5.73 Å². The summed E-state index contributed by atoms with van der Waals surface area (Å²) in [6, 6.07) is 2.45. The van der Waals surface area contributed by atoms with E-state index < -0.39 is 47.7 Å². The second-order valence-corrected chi connectivity index (χ2v) is 7.88. The van der Waals surface area contributed by atoms with E-state index in [0.717, 1.165) is 11.8 Å². The highest BCUT2D eigenvalue weighted by Crippen LogP contribution is 2.37. The molecule has 2 N–H and O–H groups in total. The second-order valence-electron chi connectivity index (χ2n) is 6.30. The SMILES string of the molecule is CC(=O)OCC1OC(Sc2cc(Cl)cnc2C#N)C(OC(C)=O)C(N)C1OC(C)=O. The van der Waals surface area contributed by atoms with Crippen molar-refractivity contribution in [1.29, 1.82) is 5.26 Å². The number of carbonyl (C=O) groups is 3. The summed E-state index contributed by atoms with van der Waals surface area (Å²) in [5.41, 5.74) is 5.42. The number of carbonyl (C=O) groups excluding carboxylic acids is 3. The Morgan fingerprint density at radius 2 is 1.87 bits per heavy atom. The van der Waals surface area contributed by atoms with Crippen LogP contribution in [0, 0.1) is 11.3 Å². The molecule has 0 bridgehead atoms. The maximum atomic E-state index is 11.7. The minimum absolute atomic E-state index is 0.0850. The second kappa shape index (κ2) is 10.6. The first-order chi connectivity index (χ1) is 14.1. The van der Waals surface area contributed by atoms with Crippen LogP contribution in [0.1, 0.15) is 26.5 Å². The minimum Gasteiger partial charge on any atom is -0.463 e. The van der Waals surface area contributed by atoms with Crippen LogP contribution in [0.4, 0.5) is 0 Å². The van der Waals surface area contributed by atoms with Crippen molar-refractivity contribution in [2.45, 2.75) is 55.5 Å². The van der Waals surface area contributed by atoms with E-state index in [4.69, 9.17) is 36.3 Å². The lowest BCUT2D eigenvalue weighted by molar-refractivity contribution is -0.201. The molecule has 5 atom stereocenters. The molecule has 1 aromatic rings. The van der Waals surface area contributed by atoms with Gasteiger partial charge in [0.05, 0.1) is 11.1 Å². The number of esters is 3. The Labute approximate surface area is 181 Å². The van der Waals surface area contributed by atoms with Crippen molar-refractivity contribution in [2.75, 3.05) is 6.61 Å². The summed E-state index contributed by atoms with van der Waals surface area (Å²) in [7, 11) is 0. The van der Waals surface area contributed by atoms with Gasteiger partial charge in [0.25, 0.3) is 0 Å². The first-order valence-corrected chi connectivity index (χ1v) is 9.99. The van der Waals surface area contributed by atoms with Gasteiger partial charge in [0.15, 0.2) is 11.8 Å². The molecule has 2 heterocycles. The quantitative estimate of drug-likeness (QED) is 0.484. The maximum absolute atomic E-state index is 11.7. The highest BCUT2D eigenvalue weighted by atomic mass is 35.5. The van der Waals surface area contributed by atoms with E-state index >= 15 is 0 Å². The Bertz CT molecular complexity index is 861. The number of pyridine rings is 1. The Hall–Kier alpha value is -2.39. The van der Waals surface area contributed by atoms with E-state index in [1.54, 1.807) is 0 Å². The Morgan fingerprint density at radius 1 is 1.23 bits per heavy atom. The van der Waals surface area contributed by atoms with Gasteiger partial charge in [-0.2, -0.15) is 5.26 Å². The topological polar surface area (TPSA) is 151 Å². The molecule has 12 heteroatoms. The molecule has 1 aromatic heterocycles. The van der Waals surface area contributed by atoms with Gasteiger partial charge in [-0.3, -0.25) is 14.4 Å². The highest BCUT2D eigenvalue weighted by molar-refractivity contribution is 7.99. The van der Waals surface area contributed by atoms with Gasteiger partial charge in [0.1, 0.15) is 30.3 Å². The summed E-state index contributed by atoms with van der Waals surface area (Å²) in [6.07, 6.45) is -1.71. The Balaban J connectivity index is 2.38. The number of hydrogen-bond acceptors (Lipinski definition) is 11. The van der Waals surface area contributed by atoms with Crippen molar-refractivity contribution < 1.29 is 33.3 Å². The monoisotopic (exact) mass is 457 g/mol. The van der Waals surface area contributed by atoms with Crippen LogP contribution >= 0.6 is 23.4 Å². The zero-order chi connectivity index (χ0) is 22.4. The van der Waals surface area contributed by atoms with E-state index in [0.29, 0.717) is 4.90 Å². The maximum Gasteiger partial charge on any atom is 0.303 e. The molecule has 30 heavy (non-hydrogen) atoms. The molecule has 1 saturated heterocycles. The average molecular weight is 458 g/mol. The average Bonchev–Trinajstić information content (AvgIpc) is 2.65. The van der Waals surface area contributed by atoms with Crippen LogP contribution in [-0.4, -0.2) is 59.3 Å². The fourth-order valence-corrected chi connectivity index (χ4v) is 4.21. The summed E-state index contributed by atoms with van der Waals surface area (Å²) in [5.74, 6) is -1.83. The Morgan fingerprint density at radius 3 is 2.43 bits per heavy atom. The molecule has 0 aromatic carbocycles. The zero-order valence-electron chi connectivity index (χ0n) is 16.4. The van der Waals surface area contributed by atoms with Crippen LogP contribution in [0.3, 0.4) is 0 Å². The predicted molar refractivity (Wildman–Crippen MR) is 104 cm³/mol. The number of rotatable bonds is 6. The van der Waals surface area contributed by atoms with Crippen molar-refractivity contribution in [1.82, 2.24) is 4.98 Å². The lowest BCUT2D eigenvalue weighted by Crippen LogP contribution is -2.63. The molecule has 162 valence electrons. The molecule has 10 nitrogen and oxygen atoms in total. The van der Waals surface area contributed by atoms with Gasteiger partial charge in [-0.05, 0) is 6.07 Å². The molecule has 5 unspecified atom stereocenters. The van der Waals surface area contributed by atoms with Crippen LogP contribution in [-0.2, 0) is 33.3 Å². The van der Waals surface area contributed by atoms with Crippen molar-refractivity contribution in [2.24, 2.45) is 5.73 Å². The van der Waals surface area contributed by atoms with Crippen molar-refractivity contribution in [3.05, 3.63) is 23.0 Å². The fourth-order valence-electron chi connectivity index (χ4n) is 2.76. The van der Waals surface area contributed by atoms with E-state index in [9.17, 15) is 19.6 Å². The molecule has 1 aliphatic rings. The lowest BCUT2D eigenvalue weighted by atomic mass is 9.97. The summed E-state index contributed by atoms with van der Waals surface area (Å²) < 4.78 is 21.5. The molecule has 0 amide bonds. The third-order valence-corrected chi connectivity index (χ3v) is 5.31. The van der Waals surface area contributed by atoms with Gasteiger partial charge in [-0.25, -0.2) is 4.98 Å². The number of hydrogen-bond donors (Lipinski definition) is 1. The number of nitriles is 1. The molecule has 0 saturated carbocycles. The molecule has 0 aliphatic carbocycles. The molecule has 2 rings (SSSR count). The first kappa shape index (κ1) is 23.9. The zero-order valence-corrected chi connectivity index (χ0v) is 17.9. The van der Waals surface area contributed by atoms with Crippen molar-refractivity contribution >= 4 is 41.3 Å². The summed E-state index contributed by atoms with van der Waals surface area (Å²) in [5, 5.41) is 9.59. The van der Waals surface area contributed by atoms with Crippen molar-refractivity contribution in [3.8, 4) is 6.07 Å². The number of aromatic nitrogens is 1. The van der Waals surface area contributed by atoms with Crippen LogP contribution in [0.5, 0.6) is 0 Å². The first-order valence-electron chi connectivity index (χ1n) is 8.73. The van der Waals surface area contributed by atoms with Gasteiger partial charge in [0.2, 0.25) is 0 Å². The van der Waals surface area contributed by atoms with E-state index in [1.165, 1.54) is 33.0 Å². The number of halogens is 1. The van der Waals surface area contributed by atoms with Crippen molar-refractivity contribution in [3.63, 3.8) is 0 Å². The molecule has 0 radical (unpaired) electrons. The largest absolute Gasteiger partial charge is 0.463 e. The summed E-state index contributed by atoms with van der Waals surface area (Å²) in [4.78, 5) is 38.8. The standard InChI is InChI=1S/C18H20ClN3O7S/c1-8(23)26-7-13-16(27-9(2)24)15(21)17(28-10(3)25)18(29-13)30-14-4-11(19)6-22-12(14)5-20/h4,6,13,15-18H,7,21H2,1-3H3. The van der Waals surface area contributed by atoms with E-state index in [-0.39, 0.29) is 17.3 Å². The van der Waals surface area contributed by atoms with E-state index in [1.807, 2.05) is 6.07 Å². The smallest absolute Gasteiger partial charge is 0.303 e. The minimum atomic E-state index is -1.05. The summed E-state index contributed by atoms with van der Waals surface area (Å²) in [6.45, 7) is 3.36. The number of ether oxygens (including phenoxy) is 4. The Kier molecular flexibility index (Phi) is 8.43. The molecular formula is C18H20ClN3O7S. The highest BCUT2D eigenvalue weighted by Gasteiger charge is 2.49. The molecule has 1 fully saturated rings. The third kappa shape index (κ3) is 6.30. The predicted octanol–water partition coefficient (Wildman–Crippen LogP) is 1.18. The number of thioether (sulfide) groups is 1. The van der Waals surface area contributed by atoms with Gasteiger partial charge in [-0.1, -0.05) is 23.4 Å². The fraction of sp³-hybridized carbons (Fsp3) is 0.500. The molecule has 0 spiro atoms. The number of nitrogens with zero attached hydrogens (tertiary/aromatic N) is 2. The number of nitrogens with two attached hydrogens (primary N) is 1. The van der Waals surface area contributed by atoms with Crippen LogP contribution in [0.2, 0.25) is 5.02 Å². The normalized spacial score (nSPS) is 25.7. The van der Waals surface area contributed by atoms with E-state index in [2.05, 4.69) is 4.98 Å². The lowest BCUT2D eigenvalue weighted by Gasteiger charge is -2.43. The van der Waals surface area contributed by atoms with Crippen LogP contribution in [0.15, 0.2) is 17.2 Å². The molecule has 1 aliphatic heterocycles. The summed E-state index contributed by atoms with van der Waals surface area (Å²) >= 11 is 7.00. The molecular weight excluding hydrogens is 438 g/mol. The van der Waals surface area contributed by atoms with Gasteiger partial charge in [0, 0.05) is 31.9 Å².